The molecule has 1 amide bonds. The number of aryl methyl sites for hydroxylation is 1. The Bertz CT molecular complexity index is 1150. The molecule has 2 aromatic heterocycles. The first-order valence-corrected chi connectivity index (χ1v) is 12.4. The van der Waals surface area contributed by atoms with Crippen LogP contribution in [-0.4, -0.2) is 32.4 Å². The molecule has 1 fully saturated rings. The van der Waals surface area contributed by atoms with Crippen LogP contribution < -0.4 is 14.8 Å². The van der Waals surface area contributed by atoms with E-state index in [0.717, 1.165) is 29.5 Å². The van der Waals surface area contributed by atoms with Gasteiger partial charge in [-0.2, -0.15) is 0 Å². The van der Waals surface area contributed by atoms with Crippen LogP contribution in [0.2, 0.25) is 0 Å². The number of nitrogens with one attached hydrogen (secondary N) is 2. The van der Waals surface area contributed by atoms with Crippen LogP contribution >= 0.6 is 11.3 Å². The van der Waals surface area contributed by atoms with E-state index in [1.165, 1.54) is 11.3 Å². The second-order valence-electron chi connectivity index (χ2n) is 8.34. The normalized spacial score (nSPS) is 14.6. The second kappa shape index (κ2) is 8.99. The molecule has 32 heavy (non-hydrogen) atoms. The summed E-state index contributed by atoms with van der Waals surface area (Å²) < 4.78 is 20.2. The first kappa shape index (κ1) is 22.4. The summed E-state index contributed by atoms with van der Waals surface area (Å²) in [4.78, 5) is 21.8. The maximum Gasteiger partial charge on any atom is 0.236 e. The minimum atomic E-state index is -1.10. The highest BCUT2D eigenvalue weighted by molar-refractivity contribution is 7.87. The molecule has 2 heterocycles. The lowest BCUT2D eigenvalue weighted by molar-refractivity contribution is -0.120. The third-order valence-corrected chi connectivity index (χ3v) is 7.79. The summed E-state index contributed by atoms with van der Waals surface area (Å²) in [5, 5.41) is 5.62. The van der Waals surface area contributed by atoms with E-state index >= 15 is 0 Å². The number of carbonyl (C=O) groups excluding carboxylic acids is 1. The van der Waals surface area contributed by atoms with Gasteiger partial charge in [-0.15, -0.1) is 11.3 Å². The molecule has 1 atom stereocenters. The Labute approximate surface area is 194 Å². The van der Waals surface area contributed by atoms with Crippen molar-refractivity contribution in [1.82, 2.24) is 9.97 Å². The maximum atomic E-state index is 13.0. The van der Waals surface area contributed by atoms with Gasteiger partial charge in [-0.1, -0.05) is 12.1 Å². The van der Waals surface area contributed by atoms with Crippen molar-refractivity contribution in [1.29, 1.82) is 0 Å². The minimum Gasteiger partial charge on any atom is -0.481 e. The van der Waals surface area contributed by atoms with Crippen LogP contribution in [0.3, 0.4) is 0 Å². The zero-order valence-corrected chi connectivity index (χ0v) is 20.1. The van der Waals surface area contributed by atoms with Gasteiger partial charge in [0.2, 0.25) is 11.8 Å². The van der Waals surface area contributed by atoms with E-state index in [4.69, 9.17) is 4.74 Å². The highest BCUT2D eigenvalue weighted by Crippen LogP contribution is 2.32. The summed E-state index contributed by atoms with van der Waals surface area (Å²) in [6, 6.07) is 9.66. The van der Waals surface area contributed by atoms with Crippen molar-refractivity contribution in [3.63, 3.8) is 0 Å². The van der Waals surface area contributed by atoms with E-state index < -0.39 is 16.4 Å². The molecule has 0 aliphatic heterocycles. The van der Waals surface area contributed by atoms with Gasteiger partial charge in [0.05, 0.1) is 23.5 Å². The molecule has 1 aliphatic carbocycles. The van der Waals surface area contributed by atoms with Crippen LogP contribution in [0.15, 0.2) is 41.9 Å². The summed E-state index contributed by atoms with van der Waals surface area (Å²) in [5.41, 5.74) is 3.45. The van der Waals surface area contributed by atoms with Crippen molar-refractivity contribution >= 4 is 39.0 Å². The number of amides is 1. The Kier molecular flexibility index (Phi) is 6.30. The average molecular weight is 471 g/mol. The third-order valence-electron chi connectivity index (χ3n) is 5.43. The number of methoxy groups -OCH3 is 1. The number of hydrogen-bond acceptors (Lipinski definition) is 6. The van der Waals surface area contributed by atoms with Crippen LogP contribution in [0.4, 0.5) is 10.8 Å². The van der Waals surface area contributed by atoms with E-state index in [0.29, 0.717) is 22.4 Å². The van der Waals surface area contributed by atoms with Crippen LogP contribution in [0, 0.1) is 6.92 Å². The molecule has 7 nitrogen and oxygen atoms in total. The SMILES string of the molecule is COc1ncc(-c2ccc(NC(=O)C(C)(C)c3csc(NS(=O)C4CC4)n3)cc2)cc1C. The first-order chi connectivity index (χ1) is 15.3. The van der Waals surface area contributed by atoms with Gasteiger partial charge in [-0.05, 0) is 57.4 Å². The summed E-state index contributed by atoms with van der Waals surface area (Å²) in [6.07, 6.45) is 3.74. The van der Waals surface area contributed by atoms with Gasteiger partial charge in [0.25, 0.3) is 0 Å². The lowest BCUT2D eigenvalue weighted by Crippen LogP contribution is -2.35. The van der Waals surface area contributed by atoms with Gasteiger partial charge < -0.3 is 10.1 Å². The fourth-order valence-corrected chi connectivity index (χ4v) is 5.25. The summed E-state index contributed by atoms with van der Waals surface area (Å²) in [5.74, 6) is 0.450. The third kappa shape index (κ3) is 4.83. The van der Waals surface area contributed by atoms with Gasteiger partial charge in [0, 0.05) is 28.4 Å². The van der Waals surface area contributed by atoms with E-state index in [2.05, 4.69) is 20.0 Å². The molecule has 9 heteroatoms. The summed E-state index contributed by atoms with van der Waals surface area (Å²) >= 11 is 1.37. The minimum absolute atomic E-state index is 0.160. The molecule has 3 aromatic rings. The fraction of sp³-hybridized carbons (Fsp3) is 0.348. The Hall–Kier alpha value is -2.78. The zero-order valence-electron chi connectivity index (χ0n) is 18.5. The summed E-state index contributed by atoms with van der Waals surface area (Å²) in [7, 11) is 0.500. The maximum absolute atomic E-state index is 13.0. The molecule has 0 radical (unpaired) electrons. The van der Waals surface area contributed by atoms with E-state index in [-0.39, 0.29) is 11.2 Å². The monoisotopic (exact) mass is 470 g/mol. The standard InChI is InChI=1S/C23H26N4O3S2/c1-14-11-16(12-24-20(14)30-4)15-5-7-17(8-6-15)25-21(28)23(2,3)19-13-31-22(26-19)27-32(29)18-9-10-18/h5-8,11-13,18H,9-10H2,1-4H3,(H,25,28)(H,26,27). The van der Waals surface area contributed by atoms with Gasteiger partial charge in [0.15, 0.2) is 5.13 Å². The molecule has 168 valence electrons. The number of aromatic nitrogens is 2. The lowest BCUT2D eigenvalue weighted by atomic mass is 9.89. The van der Waals surface area contributed by atoms with Gasteiger partial charge in [0.1, 0.15) is 11.0 Å². The topological polar surface area (TPSA) is 93.2 Å². The number of carbonyl (C=O) groups is 1. The molecule has 1 aromatic carbocycles. The van der Waals surface area contributed by atoms with Gasteiger partial charge in [-0.25, -0.2) is 14.2 Å². The first-order valence-electron chi connectivity index (χ1n) is 10.3. The fourth-order valence-electron chi connectivity index (χ4n) is 3.14. The lowest BCUT2D eigenvalue weighted by Gasteiger charge is -2.21. The number of ether oxygens (including phenoxy) is 1. The van der Waals surface area contributed by atoms with Crippen molar-refractivity contribution in [3.05, 3.63) is 53.2 Å². The Morgan fingerprint density at radius 3 is 2.56 bits per heavy atom. The van der Waals surface area contributed by atoms with Crippen LogP contribution in [0.1, 0.15) is 37.9 Å². The Morgan fingerprint density at radius 1 is 1.22 bits per heavy atom. The smallest absolute Gasteiger partial charge is 0.236 e. The van der Waals surface area contributed by atoms with Crippen LogP contribution in [0.5, 0.6) is 5.88 Å². The zero-order chi connectivity index (χ0) is 22.9. The number of rotatable bonds is 8. The molecular formula is C23H26N4O3S2. The van der Waals surface area contributed by atoms with Crippen molar-refractivity contribution in [2.24, 2.45) is 0 Å². The van der Waals surface area contributed by atoms with Crippen molar-refractivity contribution in [3.8, 4) is 17.0 Å². The number of pyridine rings is 1. The number of hydrogen-bond donors (Lipinski definition) is 2. The van der Waals surface area contributed by atoms with Crippen molar-refractivity contribution in [2.75, 3.05) is 17.1 Å². The molecule has 1 saturated carbocycles. The number of benzene rings is 1. The molecule has 2 N–H and O–H groups in total. The quantitative estimate of drug-likeness (QED) is 0.499. The largest absolute Gasteiger partial charge is 0.481 e. The van der Waals surface area contributed by atoms with Gasteiger partial charge in [-0.3, -0.25) is 9.52 Å². The summed E-state index contributed by atoms with van der Waals surface area (Å²) in [6.45, 7) is 5.62. The number of thiazole rings is 1. The van der Waals surface area contributed by atoms with Crippen LogP contribution in [-0.2, 0) is 21.2 Å². The molecule has 0 spiro atoms. The number of nitrogens with zero attached hydrogens (tertiary/aromatic N) is 2. The van der Waals surface area contributed by atoms with Gasteiger partial charge >= 0.3 is 0 Å². The molecule has 4 rings (SSSR count). The van der Waals surface area contributed by atoms with E-state index in [1.807, 2.05) is 56.5 Å². The number of anilines is 2. The molecule has 1 unspecified atom stereocenters. The predicted molar refractivity (Wildman–Crippen MR) is 130 cm³/mol. The molecule has 0 saturated heterocycles. The molecule has 0 bridgehead atoms. The Balaban J connectivity index is 1.43. The Morgan fingerprint density at radius 2 is 1.94 bits per heavy atom. The molecular weight excluding hydrogens is 444 g/mol. The van der Waals surface area contributed by atoms with E-state index in [9.17, 15) is 9.00 Å². The van der Waals surface area contributed by atoms with Crippen molar-refractivity contribution < 1.29 is 13.7 Å². The van der Waals surface area contributed by atoms with Crippen LogP contribution in [0.25, 0.3) is 11.1 Å². The van der Waals surface area contributed by atoms with E-state index in [1.54, 1.807) is 13.3 Å². The highest BCUT2D eigenvalue weighted by Gasteiger charge is 2.33. The predicted octanol–water partition coefficient (Wildman–Crippen LogP) is 4.68. The molecule has 1 aliphatic rings. The average Bonchev–Trinajstić information content (AvgIpc) is 3.53. The second-order valence-corrected chi connectivity index (χ2v) is 10.7. The van der Waals surface area contributed by atoms with Crippen molar-refractivity contribution in [2.45, 2.75) is 44.3 Å². The highest BCUT2D eigenvalue weighted by atomic mass is 32.2.